The van der Waals surface area contributed by atoms with E-state index in [1.807, 2.05) is 12.2 Å². The number of carbonyl (C=O) groups is 2. The number of esters is 1. The number of alkyl halides is 3. The Bertz CT molecular complexity index is 617. The molecule has 0 fully saturated rings. The molecule has 9 heteroatoms. The maximum atomic E-state index is 12.8. The standard InChI is InChI=1S/C15H17ClF3NO4/c1-3-4-7-24-13(22)14(2,23)12(21)20-9-5-6-11(16)10(8-9)15(17,18)19/h5-6,8,23H,3-4,7H2,1-2H3,(H,20,21). The molecule has 0 aliphatic heterocycles. The number of benzene rings is 1. The van der Waals surface area contributed by atoms with Crippen LogP contribution in [0, 0.1) is 0 Å². The van der Waals surface area contributed by atoms with Gasteiger partial charge in [0.15, 0.2) is 0 Å². The fourth-order valence-electron chi connectivity index (χ4n) is 1.62. The molecular formula is C15H17ClF3NO4. The molecule has 2 N–H and O–H groups in total. The second kappa shape index (κ2) is 7.85. The van der Waals surface area contributed by atoms with E-state index in [4.69, 9.17) is 16.3 Å². The molecule has 0 saturated heterocycles. The van der Waals surface area contributed by atoms with Gasteiger partial charge in [-0.3, -0.25) is 4.79 Å². The van der Waals surface area contributed by atoms with E-state index < -0.39 is 34.2 Å². The molecule has 0 heterocycles. The molecule has 0 aliphatic carbocycles. The monoisotopic (exact) mass is 367 g/mol. The largest absolute Gasteiger partial charge is 0.463 e. The summed E-state index contributed by atoms with van der Waals surface area (Å²) in [6, 6.07) is 2.68. The van der Waals surface area contributed by atoms with E-state index in [1.54, 1.807) is 0 Å². The fourth-order valence-corrected chi connectivity index (χ4v) is 1.84. The summed E-state index contributed by atoms with van der Waals surface area (Å²) in [7, 11) is 0. The molecule has 1 aromatic rings. The SMILES string of the molecule is CCCCOC(=O)C(C)(O)C(=O)Nc1ccc(Cl)c(C(F)(F)F)c1. The van der Waals surface area contributed by atoms with Crippen molar-refractivity contribution in [1.82, 2.24) is 0 Å². The summed E-state index contributed by atoms with van der Waals surface area (Å²) >= 11 is 5.47. The predicted octanol–water partition coefficient (Wildman–Crippen LogP) is 3.39. The minimum Gasteiger partial charge on any atom is -0.463 e. The average Bonchev–Trinajstić information content (AvgIpc) is 2.48. The first-order chi connectivity index (χ1) is 11.0. The highest BCUT2D eigenvalue weighted by Crippen LogP contribution is 2.36. The first-order valence-corrected chi connectivity index (χ1v) is 7.45. The number of halogens is 4. The van der Waals surface area contributed by atoms with Crippen LogP contribution in [0.2, 0.25) is 5.02 Å². The summed E-state index contributed by atoms with van der Waals surface area (Å²) in [6.45, 7) is 2.78. The van der Waals surface area contributed by atoms with E-state index >= 15 is 0 Å². The molecule has 134 valence electrons. The lowest BCUT2D eigenvalue weighted by Gasteiger charge is -2.21. The van der Waals surface area contributed by atoms with Gasteiger partial charge in [0, 0.05) is 5.69 Å². The van der Waals surface area contributed by atoms with E-state index in [-0.39, 0.29) is 12.3 Å². The summed E-state index contributed by atoms with van der Waals surface area (Å²) in [6.07, 6.45) is -3.42. The van der Waals surface area contributed by atoms with Gasteiger partial charge in [-0.2, -0.15) is 13.2 Å². The first-order valence-electron chi connectivity index (χ1n) is 7.08. The third kappa shape index (κ3) is 5.10. The van der Waals surface area contributed by atoms with Crippen LogP contribution in [0.25, 0.3) is 0 Å². The Morgan fingerprint density at radius 2 is 1.96 bits per heavy atom. The number of hydrogen-bond acceptors (Lipinski definition) is 4. The average molecular weight is 368 g/mol. The Hall–Kier alpha value is -1.80. The van der Waals surface area contributed by atoms with Crippen molar-refractivity contribution in [3.05, 3.63) is 28.8 Å². The number of aliphatic hydroxyl groups is 1. The summed E-state index contributed by atoms with van der Waals surface area (Å²) in [5.74, 6) is -2.39. The van der Waals surface area contributed by atoms with Crippen molar-refractivity contribution in [1.29, 1.82) is 0 Å². The number of nitrogens with one attached hydrogen (secondary N) is 1. The number of rotatable bonds is 6. The van der Waals surface area contributed by atoms with Gasteiger partial charge in [-0.05, 0) is 31.5 Å². The minimum atomic E-state index is -4.71. The Kier molecular flexibility index (Phi) is 6.62. The van der Waals surface area contributed by atoms with E-state index in [2.05, 4.69) is 0 Å². The maximum absolute atomic E-state index is 12.8. The van der Waals surface area contributed by atoms with Crippen LogP contribution in [-0.4, -0.2) is 29.2 Å². The lowest BCUT2D eigenvalue weighted by Crippen LogP contribution is -2.48. The van der Waals surface area contributed by atoms with Gasteiger partial charge in [-0.1, -0.05) is 24.9 Å². The van der Waals surface area contributed by atoms with Gasteiger partial charge in [-0.25, -0.2) is 4.79 Å². The smallest absolute Gasteiger partial charge is 0.417 e. The lowest BCUT2D eigenvalue weighted by molar-refractivity contribution is -0.167. The number of ether oxygens (including phenoxy) is 1. The molecule has 24 heavy (non-hydrogen) atoms. The van der Waals surface area contributed by atoms with Crippen LogP contribution in [-0.2, 0) is 20.5 Å². The van der Waals surface area contributed by atoms with Gasteiger partial charge in [0.1, 0.15) is 0 Å². The summed E-state index contributed by atoms with van der Waals surface area (Å²) in [5.41, 5.74) is -3.95. The molecule has 1 atom stereocenters. The number of amides is 1. The van der Waals surface area contributed by atoms with E-state index in [9.17, 15) is 27.9 Å². The summed E-state index contributed by atoms with van der Waals surface area (Å²) < 4.78 is 43.1. The van der Waals surface area contributed by atoms with Crippen molar-refractivity contribution in [3.63, 3.8) is 0 Å². The molecule has 0 aliphatic rings. The quantitative estimate of drug-likeness (QED) is 0.459. The number of hydrogen-bond donors (Lipinski definition) is 2. The van der Waals surface area contributed by atoms with Crippen molar-refractivity contribution in [3.8, 4) is 0 Å². The predicted molar refractivity (Wildman–Crippen MR) is 81.6 cm³/mol. The van der Waals surface area contributed by atoms with Crippen LogP contribution < -0.4 is 5.32 Å². The maximum Gasteiger partial charge on any atom is 0.417 e. The molecule has 0 saturated carbocycles. The highest BCUT2D eigenvalue weighted by Gasteiger charge is 2.41. The summed E-state index contributed by atoms with van der Waals surface area (Å²) in [4.78, 5) is 23.7. The van der Waals surface area contributed by atoms with Crippen molar-refractivity contribution < 1.29 is 32.6 Å². The number of carbonyl (C=O) groups excluding carboxylic acids is 2. The number of anilines is 1. The first kappa shape index (κ1) is 20.2. The zero-order valence-electron chi connectivity index (χ0n) is 13.0. The Balaban J connectivity index is 2.88. The fraction of sp³-hybridized carbons (Fsp3) is 0.467. The molecule has 0 aromatic heterocycles. The highest BCUT2D eigenvalue weighted by atomic mass is 35.5. The van der Waals surface area contributed by atoms with E-state index in [0.717, 1.165) is 25.5 Å². The van der Waals surface area contributed by atoms with Gasteiger partial charge in [0.05, 0.1) is 17.2 Å². The normalized spacial score (nSPS) is 14.0. The van der Waals surface area contributed by atoms with Gasteiger partial charge in [0.2, 0.25) is 5.60 Å². The van der Waals surface area contributed by atoms with Crippen molar-refractivity contribution >= 4 is 29.2 Å². The molecule has 0 spiro atoms. The highest BCUT2D eigenvalue weighted by molar-refractivity contribution is 6.31. The second-order valence-electron chi connectivity index (χ2n) is 5.21. The van der Waals surface area contributed by atoms with Crippen LogP contribution >= 0.6 is 11.6 Å². The van der Waals surface area contributed by atoms with Crippen LogP contribution in [0.4, 0.5) is 18.9 Å². The second-order valence-corrected chi connectivity index (χ2v) is 5.62. The molecule has 1 aromatic carbocycles. The molecule has 1 rings (SSSR count). The molecule has 0 bridgehead atoms. The molecule has 5 nitrogen and oxygen atoms in total. The third-order valence-electron chi connectivity index (χ3n) is 3.10. The molecular weight excluding hydrogens is 351 g/mol. The Labute approximate surface area is 141 Å². The molecule has 0 radical (unpaired) electrons. The van der Waals surface area contributed by atoms with Crippen molar-refractivity contribution in [2.45, 2.75) is 38.5 Å². The van der Waals surface area contributed by atoms with Gasteiger partial charge in [-0.15, -0.1) is 0 Å². The lowest BCUT2D eigenvalue weighted by atomic mass is 10.1. The van der Waals surface area contributed by atoms with Crippen LogP contribution in [0.15, 0.2) is 18.2 Å². The zero-order chi connectivity index (χ0) is 18.5. The topological polar surface area (TPSA) is 75.6 Å². The third-order valence-corrected chi connectivity index (χ3v) is 3.43. The van der Waals surface area contributed by atoms with Gasteiger partial charge >= 0.3 is 12.1 Å². The van der Waals surface area contributed by atoms with Crippen LogP contribution in [0.1, 0.15) is 32.3 Å². The van der Waals surface area contributed by atoms with Crippen LogP contribution in [0.5, 0.6) is 0 Å². The molecule has 1 unspecified atom stereocenters. The minimum absolute atomic E-state index is 0.0257. The van der Waals surface area contributed by atoms with Gasteiger partial charge < -0.3 is 15.2 Å². The van der Waals surface area contributed by atoms with Crippen molar-refractivity contribution in [2.24, 2.45) is 0 Å². The molecule has 1 amide bonds. The van der Waals surface area contributed by atoms with Crippen molar-refractivity contribution in [2.75, 3.05) is 11.9 Å². The number of unbranched alkanes of at least 4 members (excludes halogenated alkanes) is 1. The van der Waals surface area contributed by atoms with Crippen LogP contribution in [0.3, 0.4) is 0 Å². The van der Waals surface area contributed by atoms with E-state index in [0.29, 0.717) is 12.5 Å². The zero-order valence-corrected chi connectivity index (χ0v) is 13.8. The Morgan fingerprint density at radius 3 is 2.50 bits per heavy atom. The van der Waals surface area contributed by atoms with Gasteiger partial charge in [0.25, 0.3) is 5.91 Å². The van der Waals surface area contributed by atoms with E-state index in [1.165, 1.54) is 0 Å². The summed E-state index contributed by atoms with van der Waals surface area (Å²) in [5, 5.41) is 11.5. The Morgan fingerprint density at radius 1 is 1.33 bits per heavy atom.